The molecule has 9 amide bonds. The highest BCUT2D eigenvalue weighted by molar-refractivity contribution is 6.03. The summed E-state index contributed by atoms with van der Waals surface area (Å²) < 4.78 is 14.9. The lowest BCUT2D eigenvalue weighted by molar-refractivity contribution is -0.149. The van der Waals surface area contributed by atoms with Gasteiger partial charge in [-0.25, -0.2) is 33.9 Å². The minimum Gasteiger partial charge on any atom is -0.497 e. The van der Waals surface area contributed by atoms with Gasteiger partial charge in [-0.1, -0.05) is 148 Å². The normalized spacial score (nSPS) is 17.2. The number of anilines is 1. The van der Waals surface area contributed by atoms with Gasteiger partial charge in [0.15, 0.2) is 11.4 Å². The average Bonchev–Trinajstić information content (AvgIpc) is 0.811. The number of nitrogens with zero attached hydrogens (tertiary/aromatic N) is 2. The number of aromatic nitrogens is 2. The van der Waals surface area contributed by atoms with Gasteiger partial charge in [-0.15, -0.1) is 0 Å². The molecule has 0 saturated heterocycles. The lowest BCUT2D eigenvalue weighted by Gasteiger charge is -2.27. The molecule has 0 radical (unpaired) electrons. The molecule has 1 heterocycles. The molecule has 33 heteroatoms. The van der Waals surface area contributed by atoms with Crippen LogP contribution in [0.4, 0.5) is 10.5 Å². The Morgan fingerprint density at radius 2 is 0.845 bits per heavy atom. The van der Waals surface area contributed by atoms with E-state index in [4.69, 9.17) is 24.4 Å². The zero-order valence-corrected chi connectivity index (χ0v) is 70.3. The van der Waals surface area contributed by atoms with E-state index in [-0.39, 0.29) is 96.4 Å². The number of methoxy groups -OCH3 is 1. The van der Waals surface area contributed by atoms with E-state index in [1.165, 1.54) is 37.7 Å². The van der Waals surface area contributed by atoms with Crippen LogP contribution in [0.15, 0.2) is 54.9 Å². The van der Waals surface area contributed by atoms with Crippen LogP contribution in [0.1, 0.15) is 260 Å². The van der Waals surface area contributed by atoms with Crippen LogP contribution < -0.4 is 47.3 Å². The molecule has 3 aliphatic carbocycles. The number of ether oxygens (including phenoxy) is 3. The van der Waals surface area contributed by atoms with Crippen LogP contribution in [0.25, 0.3) is 0 Å². The van der Waals surface area contributed by atoms with E-state index in [2.05, 4.69) is 52.5 Å². The standard InChI is InChI=1S/C22H32N2O4.C17H23NO6.C16H28N2O4.C14H19N3O5.C14H24N2O4/c1-4-22(2,3)21(28)24-18-12-8-5-9-15(18)13-14-23-19(25)16-10-6-7-11-17(16)20(26)27;1-5-17(2,3)16(22)18-8-9-24-15(21)12-7-6-11(23-4)10-13(12)14(19)20;1-4-16(2,3)15(22)18-10-9-17-13(19)11-7-5-6-8-12(11)14(20)21;1-4-14(2,3)13(21)17-7-8-22-12(20)10-9(11(18)19)15-5-6-16-10;1-4-14(2,3)12(19)16-13(20)15-10-7-5-9(6-8-10)11(17)18/h5,8-9,12,16-17H,4,6-7,10-11,13-14H2,1-3H3,(H,23,25)(H,24,28)(H,26,27);6-7,10H,5,8-9H2,1-4H3,(H,18,22)(H,19,20);11-12H,4-10H2,1-3H3,(H,17,19)(H,18,22)(H,20,21);5-6H,4,7-8H2,1-3H3,(H,17,21)(H,18,19);9-10H,4-8H2,1-3H3,(H,17,18)(H2,15,16,19,20). The van der Waals surface area contributed by atoms with Crippen LogP contribution in [-0.2, 0) is 63.8 Å². The number of hydrogen-bond donors (Lipinski definition) is 13. The Labute approximate surface area is 680 Å². The number of imide groups is 1. The van der Waals surface area contributed by atoms with Crippen molar-refractivity contribution in [1.82, 2.24) is 47.2 Å². The second-order valence-corrected chi connectivity index (χ2v) is 31.9. The molecule has 1 aromatic heterocycles. The lowest BCUT2D eigenvalue weighted by Crippen LogP contribution is -2.49. The zero-order valence-electron chi connectivity index (χ0n) is 70.3. The monoisotopic (exact) mass is 1630 g/mol. The smallest absolute Gasteiger partial charge is 0.359 e. The Morgan fingerprint density at radius 3 is 1.28 bits per heavy atom. The van der Waals surface area contributed by atoms with E-state index < -0.39 is 104 Å². The number of aliphatic carboxylic acids is 3. The molecule has 4 atom stereocenters. The molecule has 13 N–H and O–H groups in total. The van der Waals surface area contributed by atoms with Gasteiger partial charge in [0.25, 0.3) is 0 Å². The Balaban J connectivity index is 0.000000494. The third kappa shape index (κ3) is 34.0. The maximum absolute atomic E-state index is 12.5. The van der Waals surface area contributed by atoms with Gasteiger partial charge >= 0.3 is 47.8 Å². The average molecular weight is 1630 g/mol. The summed E-state index contributed by atoms with van der Waals surface area (Å²) in [6.45, 7) is 29.3. The van der Waals surface area contributed by atoms with Gasteiger partial charge in [-0.05, 0) is 120 Å². The van der Waals surface area contributed by atoms with Gasteiger partial charge < -0.3 is 77.0 Å². The summed E-state index contributed by atoms with van der Waals surface area (Å²) in [5, 5.41) is 67.4. The number of rotatable bonds is 34. The molecule has 646 valence electrons. The Kier molecular flexibility index (Phi) is 43.1. The number of nitrogens with one attached hydrogen (secondary N) is 8. The van der Waals surface area contributed by atoms with Crippen LogP contribution in [-0.4, -0.2) is 184 Å². The number of carbonyl (C=O) groups excluding carboxylic acids is 10. The number of amides is 9. The second kappa shape index (κ2) is 49.3. The zero-order chi connectivity index (χ0) is 87.9. The van der Waals surface area contributed by atoms with Crippen LogP contribution in [0.5, 0.6) is 5.75 Å². The minimum absolute atomic E-state index is 0.0296. The molecule has 3 saturated carbocycles. The number of carboxylic acids is 5. The van der Waals surface area contributed by atoms with Crippen molar-refractivity contribution in [1.29, 1.82) is 0 Å². The van der Waals surface area contributed by atoms with E-state index >= 15 is 0 Å². The number of urea groups is 1. The van der Waals surface area contributed by atoms with Crippen molar-refractivity contribution in [3.05, 3.63) is 82.9 Å². The molecule has 33 nitrogen and oxygen atoms in total. The number of para-hydroxylation sites is 1. The van der Waals surface area contributed by atoms with Gasteiger partial charge in [-0.3, -0.25) is 53.3 Å². The first-order chi connectivity index (χ1) is 54.3. The molecule has 2 aromatic carbocycles. The topological polar surface area (TPSA) is 507 Å². The van der Waals surface area contributed by atoms with Gasteiger partial charge in [0, 0.05) is 70.8 Å². The predicted octanol–water partition coefficient (Wildman–Crippen LogP) is 10.0. The molecular weight excluding hydrogens is 1500 g/mol. The molecule has 3 fully saturated rings. The maximum atomic E-state index is 12.5. The van der Waals surface area contributed by atoms with E-state index in [1.54, 1.807) is 13.8 Å². The summed E-state index contributed by atoms with van der Waals surface area (Å²) in [6.07, 6.45) is 14.7. The van der Waals surface area contributed by atoms with Crippen molar-refractivity contribution in [3.63, 3.8) is 0 Å². The molecule has 3 aromatic rings. The molecule has 0 bridgehead atoms. The van der Waals surface area contributed by atoms with Gasteiger partial charge in [-0.2, -0.15) is 0 Å². The van der Waals surface area contributed by atoms with Crippen molar-refractivity contribution in [2.45, 2.75) is 225 Å². The fraction of sp³-hybridized carbons (Fsp3) is 0.627. The first-order valence-corrected chi connectivity index (χ1v) is 39.7. The van der Waals surface area contributed by atoms with Crippen molar-refractivity contribution in [3.8, 4) is 5.75 Å². The van der Waals surface area contributed by atoms with Crippen LogP contribution >= 0.6 is 0 Å². The molecule has 3 aliphatic rings. The summed E-state index contributed by atoms with van der Waals surface area (Å²) in [7, 11) is 1.40. The molecule has 6 rings (SSSR count). The van der Waals surface area contributed by atoms with E-state index in [0.29, 0.717) is 102 Å². The molecule has 0 spiro atoms. The van der Waals surface area contributed by atoms with E-state index in [1.807, 2.05) is 114 Å². The molecular formula is C83H126N10O23. The predicted molar refractivity (Wildman–Crippen MR) is 430 cm³/mol. The summed E-state index contributed by atoms with van der Waals surface area (Å²) >= 11 is 0. The van der Waals surface area contributed by atoms with Crippen molar-refractivity contribution < 1.29 is 112 Å². The number of esters is 2. The highest BCUT2D eigenvalue weighted by Gasteiger charge is 2.38. The van der Waals surface area contributed by atoms with E-state index in [0.717, 1.165) is 49.8 Å². The second-order valence-electron chi connectivity index (χ2n) is 31.9. The number of benzene rings is 2. The minimum atomic E-state index is -1.36. The highest BCUT2D eigenvalue weighted by Crippen LogP contribution is 2.33. The number of carboxylic acid groups (broad SMARTS) is 5. The van der Waals surface area contributed by atoms with Crippen molar-refractivity contribution >= 4 is 94.9 Å². The van der Waals surface area contributed by atoms with Gasteiger partial charge in [0.2, 0.25) is 41.4 Å². The van der Waals surface area contributed by atoms with Crippen LogP contribution in [0, 0.1) is 56.7 Å². The fourth-order valence-corrected chi connectivity index (χ4v) is 11.5. The fourth-order valence-electron chi connectivity index (χ4n) is 11.5. The summed E-state index contributed by atoms with van der Waals surface area (Å²) in [5.41, 5.74) is -1.82. The highest BCUT2D eigenvalue weighted by atomic mass is 16.5. The largest absolute Gasteiger partial charge is 0.497 e. The number of hydrogen-bond acceptors (Lipinski definition) is 20. The maximum Gasteiger partial charge on any atom is 0.359 e. The lowest BCUT2D eigenvalue weighted by atomic mass is 9.78. The third-order valence-electron chi connectivity index (χ3n) is 21.7. The van der Waals surface area contributed by atoms with Crippen LogP contribution in [0.2, 0.25) is 0 Å². The SMILES string of the molecule is CCC(C)(C)C(=O)NC(=O)NC1CCC(C(=O)O)CC1.CCC(C)(C)C(=O)NCCNC(=O)C1CCCCC1C(=O)O.CCC(C)(C)C(=O)NCCOC(=O)c1ccc(OC)cc1C(=O)O.CCC(C)(C)C(=O)NCCOC(=O)c1nccnc1C(=O)O.CCC(C)(C)C(=O)Nc1ccccc1CCNC(=O)C1CCCCC1C(=O)O. The first-order valence-electron chi connectivity index (χ1n) is 39.7. The molecule has 116 heavy (non-hydrogen) atoms. The Morgan fingerprint density at radius 1 is 0.431 bits per heavy atom. The number of aromatic carboxylic acids is 2. The Bertz CT molecular complexity index is 3830. The first kappa shape index (κ1) is 101. The quantitative estimate of drug-likeness (QED) is 0.0195. The van der Waals surface area contributed by atoms with Crippen molar-refractivity contribution in [2.75, 3.05) is 58.4 Å². The summed E-state index contributed by atoms with van der Waals surface area (Å²) in [4.78, 5) is 183. The summed E-state index contributed by atoms with van der Waals surface area (Å²) in [6, 6.07) is 11.1. The number of carbonyl (C=O) groups is 15. The van der Waals surface area contributed by atoms with Crippen LogP contribution in [0.3, 0.4) is 0 Å². The summed E-state index contributed by atoms with van der Waals surface area (Å²) in [5.74, 6) is -9.89. The van der Waals surface area contributed by atoms with Crippen molar-refractivity contribution in [2.24, 2.45) is 56.7 Å². The van der Waals surface area contributed by atoms with Gasteiger partial charge in [0.05, 0.1) is 60.9 Å². The molecule has 0 aliphatic heterocycles. The van der Waals surface area contributed by atoms with E-state index in [9.17, 15) is 87.2 Å². The molecule has 4 unspecified atom stereocenters. The van der Waals surface area contributed by atoms with Gasteiger partial charge in [0.1, 0.15) is 19.0 Å². The third-order valence-corrected chi connectivity index (χ3v) is 21.7. The Hall–Kier alpha value is -10.6.